The molecule has 0 bridgehead atoms. The van der Waals surface area contributed by atoms with Crippen molar-refractivity contribution in [1.82, 2.24) is 4.90 Å². The zero-order valence-corrected chi connectivity index (χ0v) is 14.0. The average Bonchev–Trinajstić information content (AvgIpc) is 2.79. The number of hydrogen-bond donors (Lipinski definition) is 1. The smallest absolute Gasteiger partial charge is 0.310 e. The van der Waals surface area contributed by atoms with Gasteiger partial charge in [-0.25, -0.2) is 0 Å². The summed E-state index contributed by atoms with van der Waals surface area (Å²) in [5.41, 5.74) is 0.652. The van der Waals surface area contributed by atoms with Crippen LogP contribution in [0.4, 0.5) is 0 Å². The van der Waals surface area contributed by atoms with E-state index in [4.69, 9.17) is 0 Å². The van der Waals surface area contributed by atoms with Gasteiger partial charge in [-0.15, -0.1) is 0 Å². The van der Waals surface area contributed by atoms with E-state index in [1.165, 1.54) is 5.56 Å². The fourth-order valence-corrected chi connectivity index (χ4v) is 3.28. The fourth-order valence-electron chi connectivity index (χ4n) is 2.60. The van der Waals surface area contributed by atoms with Crippen molar-refractivity contribution >= 4 is 37.8 Å². The highest BCUT2D eigenvalue weighted by Gasteiger charge is 2.42. The van der Waals surface area contributed by atoms with Crippen LogP contribution >= 0.6 is 31.9 Å². The number of hydrogen-bond acceptors (Lipinski definition) is 2. The van der Waals surface area contributed by atoms with Crippen molar-refractivity contribution in [3.8, 4) is 0 Å². The maximum atomic E-state index is 11.4. The summed E-state index contributed by atoms with van der Waals surface area (Å²) in [6.45, 7) is 4.27. The largest absolute Gasteiger partial charge is 0.481 e. The molecular formula is C14H17Br2NO2. The predicted octanol–water partition coefficient (Wildman–Crippen LogP) is 3.90. The Kier molecular flexibility index (Phi) is 4.69. The molecule has 1 aliphatic rings. The van der Waals surface area contributed by atoms with Gasteiger partial charge in [0.05, 0.1) is 5.41 Å². The number of aliphatic carboxylic acids is 1. The lowest BCUT2D eigenvalue weighted by molar-refractivity contribution is -0.148. The van der Waals surface area contributed by atoms with Gasteiger partial charge in [0.2, 0.25) is 0 Å². The summed E-state index contributed by atoms with van der Waals surface area (Å²) in [5, 5.41) is 9.39. The van der Waals surface area contributed by atoms with Gasteiger partial charge in [0.1, 0.15) is 0 Å². The van der Waals surface area contributed by atoms with Crippen molar-refractivity contribution in [2.24, 2.45) is 5.41 Å². The molecule has 0 aliphatic carbocycles. The molecule has 19 heavy (non-hydrogen) atoms. The van der Waals surface area contributed by atoms with Gasteiger partial charge in [0, 0.05) is 22.0 Å². The number of rotatable bonds is 4. The first-order chi connectivity index (χ1) is 8.97. The zero-order chi connectivity index (χ0) is 14.0. The number of halogens is 2. The van der Waals surface area contributed by atoms with Crippen LogP contribution in [0.25, 0.3) is 0 Å². The van der Waals surface area contributed by atoms with E-state index >= 15 is 0 Å². The molecule has 0 spiro atoms. The lowest BCUT2D eigenvalue weighted by Gasteiger charge is -2.23. The van der Waals surface area contributed by atoms with Crippen LogP contribution < -0.4 is 0 Å². The second kappa shape index (κ2) is 5.94. The summed E-state index contributed by atoms with van der Waals surface area (Å²) in [4.78, 5) is 13.6. The third kappa shape index (κ3) is 3.20. The van der Waals surface area contributed by atoms with E-state index in [-0.39, 0.29) is 0 Å². The Bertz CT molecular complexity index is 492. The van der Waals surface area contributed by atoms with Gasteiger partial charge >= 0.3 is 5.97 Å². The normalized spacial score (nSPS) is 23.7. The van der Waals surface area contributed by atoms with Crippen LogP contribution in [-0.4, -0.2) is 29.1 Å². The standard InChI is InChI=1S/C14H17Br2NO2/c1-2-14(13(18)19)5-6-17(9-14)8-10-3-4-11(15)12(16)7-10/h3-4,7H,2,5-6,8-9H2,1H3,(H,18,19). The van der Waals surface area contributed by atoms with Crippen LogP contribution in [0.3, 0.4) is 0 Å². The molecule has 0 amide bonds. The third-order valence-electron chi connectivity index (χ3n) is 3.95. The summed E-state index contributed by atoms with van der Waals surface area (Å²) in [6.07, 6.45) is 1.44. The van der Waals surface area contributed by atoms with Crippen LogP contribution in [0.1, 0.15) is 25.3 Å². The number of benzene rings is 1. The third-order valence-corrected chi connectivity index (χ3v) is 5.83. The highest BCUT2D eigenvalue weighted by molar-refractivity contribution is 9.13. The highest BCUT2D eigenvalue weighted by atomic mass is 79.9. The quantitative estimate of drug-likeness (QED) is 0.847. The molecule has 1 atom stereocenters. The molecule has 0 aromatic heterocycles. The topological polar surface area (TPSA) is 40.5 Å². The van der Waals surface area contributed by atoms with E-state index in [0.29, 0.717) is 13.0 Å². The molecule has 1 aromatic rings. The molecule has 1 aromatic carbocycles. The minimum absolute atomic E-state index is 0.549. The molecule has 0 saturated carbocycles. The molecular weight excluding hydrogens is 374 g/mol. The second-order valence-corrected chi connectivity index (χ2v) is 6.86. The van der Waals surface area contributed by atoms with E-state index in [1.807, 2.05) is 13.0 Å². The van der Waals surface area contributed by atoms with Gasteiger partial charge < -0.3 is 5.11 Å². The first-order valence-electron chi connectivity index (χ1n) is 6.36. The summed E-state index contributed by atoms with van der Waals surface area (Å²) in [6, 6.07) is 6.16. The lowest BCUT2D eigenvalue weighted by atomic mass is 9.84. The number of carboxylic acids is 1. The lowest BCUT2D eigenvalue weighted by Crippen LogP contribution is -2.33. The van der Waals surface area contributed by atoms with Gasteiger partial charge in [0.25, 0.3) is 0 Å². The molecule has 1 heterocycles. The van der Waals surface area contributed by atoms with E-state index in [9.17, 15) is 9.90 Å². The maximum Gasteiger partial charge on any atom is 0.310 e. The predicted molar refractivity (Wildman–Crippen MR) is 82.1 cm³/mol. The first-order valence-corrected chi connectivity index (χ1v) is 7.95. The number of carbonyl (C=O) groups is 1. The molecule has 5 heteroatoms. The Balaban J connectivity index is 2.05. The molecule has 1 saturated heterocycles. The van der Waals surface area contributed by atoms with Crippen molar-refractivity contribution in [2.75, 3.05) is 13.1 Å². The SMILES string of the molecule is CCC1(C(=O)O)CCN(Cc2ccc(Br)c(Br)c2)C1. The number of carboxylic acid groups (broad SMARTS) is 1. The van der Waals surface area contributed by atoms with Crippen molar-refractivity contribution in [1.29, 1.82) is 0 Å². The van der Waals surface area contributed by atoms with Crippen LogP contribution in [0.2, 0.25) is 0 Å². The van der Waals surface area contributed by atoms with Crippen LogP contribution in [0.5, 0.6) is 0 Å². The summed E-state index contributed by atoms with van der Waals surface area (Å²) in [5.74, 6) is -0.658. The van der Waals surface area contributed by atoms with E-state index in [2.05, 4.69) is 48.9 Å². The van der Waals surface area contributed by atoms with Crippen molar-refractivity contribution in [2.45, 2.75) is 26.3 Å². The molecule has 1 fully saturated rings. The Morgan fingerprint density at radius 2 is 2.16 bits per heavy atom. The molecule has 1 unspecified atom stereocenters. The summed E-state index contributed by atoms with van der Waals surface area (Å²) in [7, 11) is 0. The maximum absolute atomic E-state index is 11.4. The number of likely N-dealkylation sites (tertiary alicyclic amines) is 1. The van der Waals surface area contributed by atoms with Crippen molar-refractivity contribution in [3.05, 3.63) is 32.7 Å². The van der Waals surface area contributed by atoms with Gasteiger partial charge in [0.15, 0.2) is 0 Å². The first kappa shape index (κ1) is 15.0. The Hall–Kier alpha value is -0.390. The van der Waals surface area contributed by atoms with Crippen LogP contribution in [0, 0.1) is 5.41 Å². The second-order valence-electron chi connectivity index (χ2n) is 5.15. The fraction of sp³-hybridized carbons (Fsp3) is 0.500. The van der Waals surface area contributed by atoms with Crippen LogP contribution in [-0.2, 0) is 11.3 Å². The minimum Gasteiger partial charge on any atom is -0.481 e. The van der Waals surface area contributed by atoms with Crippen molar-refractivity contribution in [3.63, 3.8) is 0 Å². The minimum atomic E-state index is -0.658. The Morgan fingerprint density at radius 1 is 1.42 bits per heavy atom. The Labute approximate surface area is 130 Å². The monoisotopic (exact) mass is 389 g/mol. The van der Waals surface area contributed by atoms with Gasteiger partial charge in [-0.3, -0.25) is 9.69 Å². The summed E-state index contributed by atoms with van der Waals surface area (Å²) < 4.78 is 2.07. The Morgan fingerprint density at radius 3 is 2.68 bits per heavy atom. The molecule has 3 nitrogen and oxygen atoms in total. The highest BCUT2D eigenvalue weighted by Crippen LogP contribution is 2.35. The molecule has 2 rings (SSSR count). The molecule has 104 valence electrons. The molecule has 1 aliphatic heterocycles. The molecule has 1 N–H and O–H groups in total. The van der Waals surface area contributed by atoms with E-state index in [0.717, 1.165) is 28.5 Å². The van der Waals surface area contributed by atoms with Gasteiger partial charge in [-0.1, -0.05) is 13.0 Å². The van der Waals surface area contributed by atoms with E-state index < -0.39 is 11.4 Å². The van der Waals surface area contributed by atoms with Gasteiger partial charge in [-0.2, -0.15) is 0 Å². The average molecular weight is 391 g/mol. The zero-order valence-electron chi connectivity index (χ0n) is 10.8. The molecule has 0 radical (unpaired) electrons. The van der Waals surface area contributed by atoms with Crippen LogP contribution in [0.15, 0.2) is 27.1 Å². The van der Waals surface area contributed by atoms with E-state index in [1.54, 1.807) is 0 Å². The van der Waals surface area contributed by atoms with Crippen molar-refractivity contribution < 1.29 is 9.90 Å². The van der Waals surface area contributed by atoms with Gasteiger partial charge in [-0.05, 0) is 68.9 Å². The number of nitrogens with zero attached hydrogens (tertiary/aromatic N) is 1. The summed E-state index contributed by atoms with van der Waals surface area (Å²) >= 11 is 6.95.